The Labute approximate surface area is 326 Å². The number of likely N-dealkylation sites (N-methyl/N-ethyl adjacent to an activating group) is 1. The van der Waals surface area contributed by atoms with Crippen LogP contribution in [0.25, 0.3) is 21.8 Å². The Kier molecular flexibility index (Phi) is 13.6. The molecule has 2 fully saturated rings. The van der Waals surface area contributed by atoms with Crippen LogP contribution >= 0.6 is 24.8 Å². The van der Waals surface area contributed by atoms with E-state index in [0.29, 0.717) is 11.4 Å². The summed E-state index contributed by atoms with van der Waals surface area (Å²) < 4.78 is 13.5. The van der Waals surface area contributed by atoms with E-state index in [-0.39, 0.29) is 49.0 Å². The molecule has 0 saturated carbocycles. The Bertz CT molecular complexity index is 2200. The van der Waals surface area contributed by atoms with Crippen LogP contribution in [-0.2, 0) is 30.1 Å². The summed E-state index contributed by atoms with van der Waals surface area (Å²) in [7, 11) is 5.48. The van der Waals surface area contributed by atoms with Crippen LogP contribution in [0, 0.1) is 0 Å². The van der Waals surface area contributed by atoms with Crippen LogP contribution in [0.15, 0.2) is 75.6 Å². The molecule has 2 aromatic carbocycles. The lowest BCUT2D eigenvalue weighted by Crippen LogP contribution is -2.47. The Hall–Kier alpha value is -4.63. The molecule has 0 radical (unpaired) electrons. The van der Waals surface area contributed by atoms with Gasteiger partial charge in [0, 0.05) is 88.6 Å². The van der Waals surface area contributed by atoms with Crippen LogP contribution in [-0.4, -0.2) is 103 Å². The molecule has 0 atom stereocenters. The van der Waals surface area contributed by atoms with Crippen molar-refractivity contribution >= 4 is 70.0 Å². The van der Waals surface area contributed by atoms with Gasteiger partial charge in [-0.25, -0.2) is 9.59 Å². The Morgan fingerprint density at radius 2 is 1.07 bits per heavy atom. The van der Waals surface area contributed by atoms with E-state index in [1.807, 2.05) is 48.5 Å². The number of carbonyl (C=O) groups is 2. The summed E-state index contributed by atoms with van der Waals surface area (Å²) in [4.78, 5) is 61.5. The monoisotopic (exact) mass is 774 g/mol. The first-order valence-electron chi connectivity index (χ1n) is 18.1. The van der Waals surface area contributed by atoms with Crippen LogP contribution in [0.5, 0.6) is 0 Å². The van der Waals surface area contributed by atoms with E-state index < -0.39 is 11.9 Å². The first kappa shape index (κ1) is 40.6. The van der Waals surface area contributed by atoms with Crippen LogP contribution in [0.1, 0.15) is 39.4 Å². The van der Waals surface area contributed by atoms with E-state index >= 15 is 0 Å². The lowest BCUT2D eigenvalue weighted by molar-refractivity contribution is 0.0514. The molecular formula is C40H50N6O6S2. The number of esters is 2. The number of anilines is 2. The van der Waals surface area contributed by atoms with E-state index in [9.17, 15) is 19.2 Å². The summed E-state index contributed by atoms with van der Waals surface area (Å²) in [6.45, 7) is 11.5. The molecule has 0 aliphatic carbocycles. The van der Waals surface area contributed by atoms with Crippen LogP contribution in [0.2, 0.25) is 0 Å². The number of aromatic nitrogens is 2. The number of pyridine rings is 2. The molecule has 2 aliphatic rings. The van der Waals surface area contributed by atoms with Crippen molar-refractivity contribution in [2.45, 2.75) is 20.4 Å². The summed E-state index contributed by atoms with van der Waals surface area (Å²) in [5, 5.41) is 3.92. The molecule has 0 unspecified atom stereocenters. The number of hydrogen-bond donors (Lipinski definition) is 0. The predicted molar refractivity (Wildman–Crippen MR) is 222 cm³/mol. The fourth-order valence-electron chi connectivity index (χ4n) is 7.17. The summed E-state index contributed by atoms with van der Waals surface area (Å²) in [5.74, 6) is -1.09. The number of aryl methyl sites for hydroxylation is 2. The van der Waals surface area contributed by atoms with Gasteiger partial charge in [0.1, 0.15) is 11.1 Å². The Morgan fingerprint density at radius 1 is 0.630 bits per heavy atom. The second kappa shape index (κ2) is 18.1. The van der Waals surface area contributed by atoms with E-state index in [1.54, 1.807) is 39.3 Å². The minimum atomic E-state index is -0.546. The first-order chi connectivity index (χ1) is 25.6. The zero-order chi connectivity index (χ0) is 37.6. The maximum atomic E-state index is 13.1. The third-order valence-corrected chi connectivity index (χ3v) is 10.8. The van der Waals surface area contributed by atoms with Crippen LogP contribution in [0.4, 0.5) is 11.4 Å². The average Bonchev–Trinajstić information content (AvgIpc) is 3.69. The topological polar surface area (TPSA) is 110 Å². The maximum absolute atomic E-state index is 13.1. The molecule has 288 valence electrons. The standard InChI is InChI=1S/C22H25N3O3S.C18H23N3O3.H2S/c1-3-28-22(27)19-20(17-8-4-5-9-18(17)23(2)21(19)26)25-12-10-24(11-13-25)15-16-7-6-14-29-16;1-4-24-18(23)15-16(21-11-9-19(2)10-12-21)13-7-5-6-8-14(13)20(3)17(15)22;/h4-9,14H,3,10-13,15H2,1-2H3;5-8H,4,9-12H2,1-3H3;1H2. The lowest BCUT2D eigenvalue weighted by atomic mass is 10.1. The SMILES string of the molecule is CCOC(=O)c1c(N2CCN(C)CC2)c2ccccc2n(C)c1=O.CCOC(=O)c1c(N2CCN(Cc3cccs3)CC2)c2ccccc2n(C)c1=O.S. The van der Waals surface area contributed by atoms with E-state index in [0.717, 1.165) is 80.7 Å². The minimum Gasteiger partial charge on any atom is -0.462 e. The molecular weight excluding hydrogens is 725 g/mol. The quantitative estimate of drug-likeness (QED) is 0.206. The Balaban J connectivity index is 0.000000208. The summed E-state index contributed by atoms with van der Waals surface area (Å²) in [6, 6.07) is 19.7. The highest BCUT2D eigenvalue weighted by atomic mass is 32.1. The maximum Gasteiger partial charge on any atom is 0.345 e. The minimum absolute atomic E-state index is 0. The highest BCUT2D eigenvalue weighted by Gasteiger charge is 2.29. The molecule has 0 bridgehead atoms. The number of fused-ring (bicyclic) bond motifs is 2. The van der Waals surface area contributed by atoms with Crippen molar-refractivity contribution in [1.82, 2.24) is 18.9 Å². The van der Waals surface area contributed by atoms with E-state index in [1.165, 1.54) is 14.0 Å². The van der Waals surface area contributed by atoms with Crippen molar-refractivity contribution in [1.29, 1.82) is 0 Å². The van der Waals surface area contributed by atoms with Gasteiger partial charge in [-0.05, 0) is 44.5 Å². The van der Waals surface area contributed by atoms with Gasteiger partial charge >= 0.3 is 11.9 Å². The van der Waals surface area contributed by atoms with Crippen LogP contribution < -0.4 is 20.9 Å². The number of benzene rings is 2. The fourth-order valence-corrected chi connectivity index (χ4v) is 7.92. The van der Waals surface area contributed by atoms with Gasteiger partial charge in [-0.1, -0.05) is 42.5 Å². The number of nitrogens with zero attached hydrogens (tertiary/aromatic N) is 6. The van der Waals surface area contributed by atoms with Crippen molar-refractivity contribution in [2.24, 2.45) is 14.1 Å². The molecule has 5 heterocycles. The third-order valence-electron chi connectivity index (χ3n) is 9.98. The van der Waals surface area contributed by atoms with E-state index in [4.69, 9.17) is 9.47 Å². The normalized spacial score (nSPS) is 15.1. The largest absolute Gasteiger partial charge is 0.462 e. The number of carbonyl (C=O) groups excluding carboxylic acids is 2. The first-order valence-corrected chi connectivity index (χ1v) is 19.0. The summed E-state index contributed by atoms with van der Waals surface area (Å²) >= 11 is 1.77. The van der Waals surface area contributed by atoms with Gasteiger partial charge < -0.3 is 33.3 Å². The van der Waals surface area contributed by atoms with Gasteiger partial charge in [0.25, 0.3) is 11.1 Å². The fraction of sp³-hybridized carbons (Fsp3) is 0.400. The van der Waals surface area contributed by atoms with E-state index in [2.05, 4.69) is 44.2 Å². The van der Waals surface area contributed by atoms with Gasteiger partial charge in [0.05, 0.1) is 35.6 Å². The van der Waals surface area contributed by atoms with Gasteiger partial charge in [-0.3, -0.25) is 14.5 Å². The predicted octanol–water partition coefficient (Wildman–Crippen LogP) is 4.68. The van der Waals surface area contributed by atoms with Crippen LogP contribution in [0.3, 0.4) is 0 Å². The van der Waals surface area contributed by atoms with Crippen molar-refractivity contribution in [2.75, 3.05) is 82.4 Å². The number of ether oxygens (including phenoxy) is 2. The molecule has 7 rings (SSSR count). The lowest BCUT2D eigenvalue weighted by Gasteiger charge is -2.37. The van der Waals surface area contributed by atoms with Gasteiger partial charge in [-0.15, -0.1) is 11.3 Å². The number of rotatable bonds is 8. The van der Waals surface area contributed by atoms with Crippen molar-refractivity contribution < 1.29 is 19.1 Å². The second-order valence-corrected chi connectivity index (χ2v) is 14.3. The van der Waals surface area contributed by atoms with Gasteiger partial charge in [0.15, 0.2) is 0 Å². The molecule has 12 nitrogen and oxygen atoms in total. The summed E-state index contributed by atoms with van der Waals surface area (Å²) in [5.41, 5.74) is 2.73. The number of piperazine rings is 2. The zero-order valence-electron chi connectivity index (χ0n) is 31.7. The third kappa shape index (κ3) is 8.36. The van der Waals surface area contributed by atoms with Gasteiger partial charge in [0.2, 0.25) is 0 Å². The molecule has 14 heteroatoms. The molecule has 2 aliphatic heterocycles. The molecule has 0 N–H and O–H groups in total. The zero-order valence-corrected chi connectivity index (χ0v) is 33.5. The Morgan fingerprint density at radius 3 is 1.50 bits per heavy atom. The summed E-state index contributed by atoms with van der Waals surface area (Å²) in [6.07, 6.45) is 0. The van der Waals surface area contributed by atoms with Crippen molar-refractivity contribution in [3.8, 4) is 0 Å². The van der Waals surface area contributed by atoms with Gasteiger partial charge in [-0.2, -0.15) is 13.5 Å². The molecule has 5 aromatic rings. The highest BCUT2D eigenvalue weighted by molar-refractivity contribution is 7.59. The highest BCUT2D eigenvalue weighted by Crippen LogP contribution is 2.32. The smallest absolute Gasteiger partial charge is 0.345 e. The molecule has 2 saturated heterocycles. The van der Waals surface area contributed by atoms with Crippen molar-refractivity contribution in [3.63, 3.8) is 0 Å². The average molecular weight is 775 g/mol. The second-order valence-electron chi connectivity index (χ2n) is 13.3. The number of para-hydroxylation sites is 2. The number of hydrogen-bond acceptors (Lipinski definition) is 11. The molecule has 0 amide bonds. The molecule has 3 aromatic heterocycles. The number of thiophene rings is 1. The molecule has 54 heavy (non-hydrogen) atoms. The molecule has 0 spiro atoms. The van der Waals surface area contributed by atoms with Crippen molar-refractivity contribution in [3.05, 3.63) is 103 Å².